The van der Waals surface area contributed by atoms with E-state index in [1.807, 2.05) is 6.92 Å². The number of aryl methyl sites for hydroxylation is 1. The molecule has 6 nitrogen and oxygen atoms in total. The Hall–Kier alpha value is -0.480. The van der Waals surface area contributed by atoms with Crippen LogP contribution in [0.2, 0.25) is 0 Å². The van der Waals surface area contributed by atoms with Crippen LogP contribution in [0.3, 0.4) is 0 Å². The van der Waals surface area contributed by atoms with Crippen molar-refractivity contribution in [3.63, 3.8) is 0 Å². The minimum Gasteiger partial charge on any atom is -0.218 e. The van der Waals surface area contributed by atoms with E-state index in [1.54, 1.807) is 12.1 Å². The third-order valence-corrected chi connectivity index (χ3v) is 6.15. The zero-order valence-electron chi connectivity index (χ0n) is 10.5. The highest BCUT2D eigenvalue weighted by Crippen LogP contribution is 2.22. The van der Waals surface area contributed by atoms with Crippen molar-refractivity contribution >= 4 is 36.0 Å². The molecule has 0 fully saturated rings. The number of hydrogen-bond acceptors (Lipinski definition) is 4. The molecular weight excluding hydrogens is 356 g/mol. The average molecular weight is 371 g/mol. The second kappa shape index (κ2) is 6.31. The van der Waals surface area contributed by atoms with Crippen molar-refractivity contribution < 1.29 is 16.8 Å². The standard InChI is InChI=1S/C10H15BrN2O4S2/c1-8-3-4-10(9(11)7-8)19(16,17)13-5-6-18(14,15)12-2/h3-4,7,12-13H,5-6H2,1-2H3. The van der Waals surface area contributed by atoms with Gasteiger partial charge in [0.1, 0.15) is 0 Å². The molecule has 19 heavy (non-hydrogen) atoms. The number of rotatable bonds is 6. The monoisotopic (exact) mass is 370 g/mol. The van der Waals surface area contributed by atoms with Crippen molar-refractivity contribution in [2.24, 2.45) is 0 Å². The van der Waals surface area contributed by atoms with Gasteiger partial charge in [-0.3, -0.25) is 0 Å². The van der Waals surface area contributed by atoms with Crippen LogP contribution in [0.15, 0.2) is 27.6 Å². The molecule has 1 aromatic rings. The molecule has 9 heteroatoms. The van der Waals surface area contributed by atoms with Crippen LogP contribution in [0.5, 0.6) is 0 Å². The first-order valence-corrected chi connectivity index (χ1v) is 9.28. The van der Waals surface area contributed by atoms with Gasteiger partial charge in [-0.1, -0.05) is 6.07 Å². The highest BCUT2D eigenvalue weighted by Gasteiger charge is 2.18. The lowest BCUT2D eigenvalue weighted by atomic mass is 10.2. The molecular formula is C10H15BrN2O4S2. The molecule has 0 amide bonds. The van der Waals surface area contributed by atoms with E-state index in [2.05, 4.69) is 25.4 Å². The fourth-order valence-corrected chi connectivity index (χ4v) is 4.24. The van der Waals surface area contributed by atoms with Crippen molar-refractivity contribution in [3.8, 4) is 0 Å². The molecule has 0 atom stereocenters. The highest BCUT2D eigenvalue weighted by molar-refractivity contribution is 9.10. The van der Waals surface area contributed by atoms with Gasteiger partial charge < -0.3 is 0 Å². The van der Waals surface area contributed by atoms with E-state index in [-0.39, 0.29) is 17.2 Å². The summed E-state index contributed by atoms with van der Waals surface area (Å²) in [5.41, 5.74) is 0.920. The highest BCUT2D eigenvalue weighted by atomic mass is 79.9. The summed E-state index contributed by atoms with van der Waals surface area (Å²) in [6, 6.07) is 4.82. The molecule has 0 saturated carbocycles. The Morgan fingerprint density at radius 3 is 2.37 bits per heavy atom. The molecule has 0 saturated heterocycles. The third-order valence-electron chi connectivity index (χ3n) is 2.35. The Labute approximate surface area is 121 Å². The second-order valence-corrected chi connectivity index (χ2v) is 8.49. The molecule has 0 radical (unpaired) electrons. The molecule has 0 heterocycles. The smallest absolute Gasteiger partial charge is 0.218 e. The van der Waals surface area contributed by atoms with Crippen molar-refractivity contribution in [3.05, 3.63) is 28.2 Å². The number of hydrogen-bond donors (Lipinski definition) is 2. The van der Waals surface area contributed by atoms with Crippen LogP contribution in [0, 0.1) is 6.92 Å². The number of halogens is 1. The summed E-state index contributed by atoms with van der Waals surface area (Å²) in [6.07, 6.45) is 0. The fourth-order valence-electron chi connectivity index (χ4n) is 1.31. The maximum absolute atomic E-state index is 12.0. The van der Waals surface area contributed by atoms with Gasteiger partial charge in [-0.15, -0.1) is 0 Å². The zero-order chi connectivity index (χ0) is 14.7. The van der Waals surface area contributed by atoms with Gasteiger partial charge in [0, 0.05) is 11.0 Å². The van der Waals surface area contributed by atoms with Gasteiger partial charge in [0.05, 0.1) is 10.6 Å². The van der Waals surface area contributed by atoms with Gasteiger partial charge in [0.25, 0.3) is 0 Å². The van der Waals surface area contributed by atoms with Crippen LogP contribution in [0.1, 0.15) is 5.56 Å². The van der Waals surface area contributed by atoms with Gasteiger partial charge in [0.15, 0.2) is 0 Å². The van der Waals surface area contributed by atoms with Crippen LogP contribution in [-0.4, -0.2) is 36.2 Å². The molecule has 0 aliphatic carbocycles. The molecule has 0 aromatic heterocycles. The van der Waals surface area contributed by atoms with Gasteiger partial charge in [-0.2, -0.15) is 0 Å². The summed E-state index contributed by atoms with van der Waals surface area (Å²) >= 11 is 3.18. The molecule has 0 unspecified atom stereocenters. The molecule has 0 aliphatic heterocycles. The van der Waals surface area contributed by atoms with Crippen LogP contribution < -0.4 is 9.44 Å². The van der Waals surface area contributed by atoms with E-state index < -0.39 is 20.0 Å². The van der Waals surface area contributed by atoms with E-state index in [1.165, 1.54) is 13.1 Å². The topological polar surface area (TPSA) is 92.3 Å². The lowest BCUT2D eigenvalue weighted by Crippen LogP contribution is -2.33. The van der Waals surface area contributed by atoms with Crippen LogP contribution in [0.4, 0.5) is 0 Å². The first kappa shape index (κ1) is 16.6. The zero-order valence-corrected chi connectivity index (χ0v) is 13.7. The van der Waals surface area contributed by atoms with E-state index >= 15 is 0 Å². The van der Waals surface area contributed by atoms with E-state index in [4.69, 9.17) is 0 Å². The lowest BCUT2D eigenvalue weighted by molar-refractivity contribution is 0.578. The SMILES string of the molecule is CNS(=O)(=O)CCNS(=O)(=O)c1ccc(C)cc1Br. The van der Waals surface area contributed by atoms with Gasteiger partial charge in [-0.25, -0.2) is 26.3 Å². The predicted molar refractivity (Wildman–Crippen MR) is 76.9 cm³/mol. The third kappa shape index (κ3) is 4.84. The molecule has 2 N–H and O–H groups in total. The summed E-state index contributed by atoms with van der Waals surface area (Å²) in [7, 11) is -5.88. The predicted octanol–water partition coefficient (Wildman–Crippen LogP) is 0.585. The van der Waals surface area contributed by atoms with Crippen molar-refractivity contribution in [1.82, 2.24) is 9.44 Å². The molecule has 0 spiro atoms. The number of nitrogens with one attached hydrogen (secondary N) is 2. The summed E-state index contributed by atoms with van der Waals surface area (Å²) in [6.45, 7) is 1.65. The van der Waals surface area contributed by atoms with E-state index in [9.17, 15) is 16.8 Å². The van der Waals surface area contributed by atoms with Gasteiger partial charge in [-0.05, 0) is 47.6 Å². The normalized spacial score (nSPS) is 12.6. The molecule has 1 rings (SSSR count). The van der Waals surface area contributed by atoms with Crippen LogP contribution in [-0.2, 0) is 20.0 Å². The lowest BCUT2D eigenvalue weighted by Gasteiger charge is -2.09. The Kier molecular flexibility index (Phi) is 5.51. The second-order valence-electron chi connectivity index (χ2n) is 3.85. The molecule has 0 aliphatic rings. The summed E-state index contributed by atoms with van der Waals surface area (Å²) in [5.74, 6) is -0.313. The van der Waals surface area contributed by atoms with Crippen LogP contribution >= 0.6 is 15.9 Å². The van der Waals surface area contributed by atoms with Gasteiger partial charge >= 0.3 is 0 Å². The van der Waals surface area contributed by atoms with Crippen molar-refractivity contribution in [1.29, 1.82) is 0 Å². The number of benzene rings is 1. The summed E-state index contributed by atoms with van der Waals surface area (Å²) in [5, 5.41) is 0. The summed E-state index contributed by atoms with van der Waals surface area (Å²) in [4.78, 5) is 0.0833. The van der Waals surface area contributed by atoms with Crippen molar-refractivity contribution in [2.45, 2.75) is 11.8 Å². The maximum atomic E-state index is 12.0. The fraction of sp³-hybridized carbons (Fsp3) is 0.400. The Morgan fingerprint density at radius 1 is 1.21 bits per heavy atom. The Balaban J connectivity index is 2.82. The molecule has 108 valence electrons. The van der Waals surface area contributed by atoms with E-state index in [0.29, 0.717) is 4.47 Å². The maximum Gasteiger partial charge on any atom is 0.241 e. The summed E-state index contributed by atoms with van der Waals surface area (Å²) < 4.78 is 51.1. The molecule has 1 aromatic carbocycles. The number of sulfonamides is 2. The minimum atomic E-state index is -3.73. The largest absolute Gasteiger partial charge is 0.241 e. The molecule has 0 bridgehead atoms. The Morgan fingerprint density at radius 2 is 1.84 bits per heavy atom. The van der Waals surface area contributed by atoms with Crippen molar-refractivity contribution in [2.75, 3.05) is 19.3 Å². The van der Waals surface area contributed by atoms with E-state index in [0.717, 1.165) is 5.56 Å². The Bertz CT molecular complexity index is 656. The first-order chi connectivity index (χ1) is 8.68. The quantitative estimate of drug-likeness (QED) is 0.766. The first-order valence-electron chi connectivity index (χ1n) is 5.35. The van der Waals surface area contributed by atoms with Crippen LogP contribution in [0.25, 0.3) is 0 Å². The van der Waals surface area contributed by atoms with Gasteiger partial charge in [0.2, 0.25) is 20.0 Å². The minimum absolute atomic E-state index is 0.0833. The average Bonchev–Trinajstić information content (AvgIpc) is 2.27.